The van der Waals surface area contributed by atoms with Gasteiger partial charge in [0.1, 0.15) is 11.6 Å². The molecule has 3 aromatic rings. The van der Waals surface area contributed by atoms with Crippen LogP contribution in [0.5, 0.6) is 0 Å². The summed E-state index contributed by atoms with van der Waals surface area (Å²) >= 11 is 9.73. The van der Waals surface area contributed by atoms with E-state index < -0.39 is 41.5 Å². The Bertz CT molecular complexity index is 1440. The molecule has 2 bridgehead atoms. The first-order valence-corrected chi connectivity index (χ1v) is 14.8. The lowest BCUT2D eigenvalue weighted by atomic mass is 9.70. The predicted molar refractivity (Wildman–Crippen MR) is 159 cm³/mol. The molecule has 6 rings (SSSR count). The van der Waals surface area contributed by atoms with Gasteiger partial charge in [0.2, 0.25) is 17.7 Å². The number of nitrogens with zero attached hydrogens (tertiary/aromatic N) is 1. The first kappa shape index (κ1) is 27.9. The average molecular weight is 639 g/mol. The van der Waals surface area contributed by atoms with Crippen LogP contribution < -0.4 is 10.6 Å². The van der Waals surface area contributed by atoms with Crippen LogP contribution in [0.2, 0.25) is 5.02 Å². The van der Waals surface area contributed by atoms with Crippen LogP contribution in [-0.4, -0.2) is 63.0 Å². The Kier molecular flexibility index (Phi) is 7.63. The van der Waals surface area contributed by atoms with Crippen LogP contribution in [-0.2, 0) is 25.5 Å². The zero-order valence-electron chi connectivity index (χ0n) is 22.0. The molecule has 3 aliphatic rings. The fourth-order valence-corrected chi connectivity index (χ4v) is 7.76. The van der Waals surface area contributed by atoms with Gasteiger partial charge >= 0.3 is 0 Å². The number of carbonyl (C=O) groups is 3. The minimum Gasteiger partial charge on any atom is -0.394 e. The maximum Gasteiger partial charge on any atom is 0.250 e. The van der Waals surface area contributed by atoms with Crippen molar-refractivity contribution in [3.8, 4) is 0 Å². The summed E-state index contributed by atoms with van der Waals surface area (Å²) in [5.74, 6) is -2.87. The molecule has 3 saturated heterocycles. The van der Waals surface area contributed by atoms with E-state index in [1.165, 1.54) is 4.90 Å². The number of aliphatic hydroxyl groups excluding tert-OH is 1. The van der Waals surface area contributed by atoms with Crippen LogP contribution in [0, 0.1) is 11.8 Å². The minimum atomic E-state index is -1.25. The highest BCUT2D eigenvalue weighted by molar-refractivity contribution is 9.09. The second-order valence-electron chi connectivity index (χ2n) is 10.8. The Labute approximate surface area is 251 Å². The summed E-state index contributed by atoms with van der Waals surface area (Å²) in [5.41, 5.74) is 0.774. The molecule has 3 aromatic carbocycles. The number of anilines is 2. The molecule has 212 valence electrons. The number of halogens is 2. The lowest BCUT2D eigenvalue weighted by Gasteiger charge is -2.37. The van der Waals surface area contributed by atoms with Gasteiger partial charge in [-0.2, -0.15) is 0 Å². The molecule has 3 aliphatic heterocycles. The number of likely N-dealkylation sites (tertiary alicyclic amines) is 1. The summed E-state index contributed by atoms with van der Waals surface area (Å²) in [6.07, 6.45) is 0.0999. The van der Waals surface area contributed by atoms with E-state index in [-0.39, 0.29) is 23.2 Å². The molecule has 0 aromatic heterocycles. The van der Waals surface area contributed by atoms with Crippen molar-refractivity contribution in [2.45, 2.75) is 41.5 Å². The van der Waals surface area contributed by atoms with E-state index in [9.17, 15) is 19.5 Å². The average Bonchev–Trinajstić information content (AvgIpc) is 3.57. The normalized spacial score (nSPS) is 28.8. The van der Waals surface area contributed by atoms with Crippen molar-refractivity contribution in [2.75, 3.05) is 17.2 Å². The second-order valence-corrected chi connectivity index (χ2v) is 12.4. The zero-order valence-corrected chi connectivity index (χ0v) is 24.3. The molecule has 3 N–H and O–H groups in total. The molecule has 8 nitrogen and oxygen atoms in total. The number of amides is 3. The summed E-state index contributed by atoms with van der Waals surface area (Å²) in [5, 5.41) is 16.9. The molecule has 1 spiro atoms. The topological polar surface area (TPSA) is 108 Å². The first-order valence-electron chi connectivity index (χ1n) is 13.5. The van der Waals surface area contributed by atoms with Gasteiger partial charge in [-0.15, -0.1) is 0 Å². The smallest absolute Gasteiger partial charge is 0.250 e. The number of para-hydroxylation sites is 1. The number of alkyl halides is 1. The first-order chi connectivity index (χ1) is 19.8. The fourth-order valence-electron chi connectivity index (χ4n) is 6.69. The van der Waals surface area contributed by atoms with E-state index in [0.717, 1.165) is 5.56 Å². The molecule has 3 amide bonds. The Morgan fingerprint density at radius 1 is 0.976 bits per heavy atom. The number of carbonyl (C=O) groups excluding carboxylic acids is 3. The van der Waals surface area contributed by atoms with Crippen molar-refractivity contribution in [1.29, 1.82) is 0 Å². The summed E-state index contributed by atoms with van der Waals surface area (Å²) in [6.45, 7) is -0.365. The van der Waals surface area contributed by atoms with Crippen LogP contribution in [0.1, 0.15) is 12.0 Å². The molecular formula is C31H29BrClN3O5. The lowest BCUT2D eigenvalue weighted by Crippen LogP contribution is -2.57. The van der Waals surface area contributed by atoms with Gasteiger partial charge in [0.15, 0.2) is 0 Å². The predicted octanol–water partition coefficient (Wildman–Crippen LogP) is 4.27. The maximum atomic E-state index is 14.4. The zero-order chi connectivity index (χ0) is 28.7. The third kappa shape index (κ3) is 4.95. The van der Waals surface area contributed by atoms with Crippen LogP contribution in [0.25, 0.3) is 0 Å². The molecule has 3 unspecified atom stereocenters. The Morgan fingerprint density at radius 3 is 2.24 bits per heavy atom. The number of benzene rings is 3. The third-order valence-electron chi connectivity index (χ3n) is 8.35. The Hall–Kier alpha value is -3.24. The maximum absolute atomic E-state index is 14.4. The van der Waals surface area contributed by atoms with E-state index in [1.54, 1.807) is 36.4 Å². The summed E-state index contributed by atoms with van der Waals surface area (Å²) in [4.78, 5) is 43.4. The van der Waals surface area contributed by atoms with Crippen LogP contribution in [0.3, 0.4) is 0 Å². The van der Waals surface area contributed by atoms with E-state index in [1.807, 2.05) is 48.5 Å². The molecule has 3 fully saturated rings. The molecule has 7 atom stereocenters. The van der Waals surface area contributed by atoms with Gasteiger partial charge in [0, 0.05) is 21.2 Å². The number of fused-ring (bicyclic) bond motifs is 1. The van der Waals surface area contributed by atoms with Crippen LogP contribution in [0.4, 0.5) is 11.4 Å². The summed E-state index contributed by atoms with van der Waals surface area (Å²) < 4.78 is 6.57. The molecule has 0 aliphatic carbocycles. The second kappa shape index (κ2) is 11.2. The number of hydrogen-bond acceptors (Lipinski definition) is 5. The van der Waals surface area contributed by atoms with Crippen molar-refractivity contribution in [2.24, 2.45) is 11.8 Å². The van der Waals surface area contributed by atoms with Gasteiger partial charge in [-0.1, -0.05) is 76.1 Å². The van der Waals surface area contributed by atoms with Gasteiger partial charge in [-0.3, -0.25) is 14.4 Å². The SMILES string of the molecule is O=C(Nc1ccc(Cl)cc1)C1N([C@@H](CO)Cc2ccccc2)C(=O)[C@@H]2[C@H](C(=O)Nc3ccccc3)[C@H]3OC12CC3Br. The van der Waals surface area contributed by atoms with Gasteiger partial charge < -0.3 is 25.4 Å². The van der Waals surface area contributed by atoms with Gasteiger partial charge in [0.25, 0.3) is 0 Å². The molecule has 3 heterocycles. The van der Waals surface area contributed by atoms with E-state index in [4.69, 9.17) is 16.3 Å². The molecule has 41 heavy (non-hydrogen) atoms. The highest BCUT2D eigenvalue weighted by Crippen LogP contribution is 2.60. The fraction of sp³-hybridized carbons (Fsp3) is 0.323. The quantitative estimate of drug-likeness (QED) is 0.320. The Balaban J connectivity index is 1.39. The van der Waals surface area contributed by atoms with Crippen LogP contribution in [0.15, 0.2) is 84.9 Å². The van der Waals surface area contributed by atoms with E-state index in [2.05, 4.69) is 26.6 Å². The van der Waals surface area contributed by atoms with Crippen molar-refractivity contribution >= 4 is 56.6 Å². The van der Waals surface area contributed by atoms with Crippen LogP contribution >= 0.6 is 27.5 Å². The van der Waals surface area contributed by atoms with Gasteiger partial charge in [-0.25, -0.2) is 0 Å². The van der Waals surface area contributed by atoms with Gasteiger partial charge in [-0.05, 0) is 54.8 Å². The lowest BCUT2D eigenvalue weighted by molar-refractivity contribution is -0.143. The number of aliphatic hydroxyl groups is 1. The summed E-state index contributed by atoms with van der Waals surface area (Å²) in [7, 11) is 0. The number of ether oxygens (including phenoxy) is 1. The van der Waals surface area contributed by atoms with Crippen molar-refractivity contribution in [3.63, 3.8) is 0 Å². The molecule has 10 heteroatoms. The number of nitrogens with one attached hydrogen (secondary N) is 2. The third-order valence-corrected chi connectivity index (χ3v) is 9.45. The number of hydrogen-bond donors (Lipinski definition) is 3. The molecular weight excluding hydrogens is 610 g/mol. The van der Waals surface area contributed by atoms with Crippen molar-refractivity contribution in [3.05, 3.63) is 95.5 Å². The standard InChI is InChI=1S/C31H29BrClN3O5/c32-23-16-31-25(24(26(23)41-31)28(38)34-20-9-5-2-6-10-20)30(40)36(22(17-37)15-18-7-3-1-4-8-18)27(31)29(39)35-21-13-11-19(33)12-14-21/h1-14,22-27,37H,15-17H2,(H,34,38)(H,35,39)/t22-,23?,24+,25+,26+,27?,31?/m1/s1. The van der Waals surface area contributed by atoms with E-state index in [0.29, 0.717) is 29.2 Å². The number of rotatable bonds is 8. The van der Waals surface area contributed by atoms with Gasteiger partial charge in [0.05, 0.1) is 30.6 Å². The monoisotopic (exact) mass is 637 g/mol. The molecule has 0 radical (unpaired) electrons. The summed E-state index contributed by atoms with van der Waals surface area (Å²) in [6, 6.07) is 23.4. The highest BCUT2D eigenvalue weighted by Gasteiger charge is 2.77. The molecule has 0 saturated carbocycles. The highest BCUT2D eigenvalue weighted by atomic mass is 79.9. The van der Waals surface area contributed by atoms with E-state index >= 15 is 0 Å². The van der Waals surface area contributed by atoms with Crippen molar-refractivity contribution in [1.82, 2.24) is 4.90 Å². The van der Waals surface area contributed by atoms with Crippen molar-refractivity contribution < 1.29 is 24.2 Å². The largest absolute Gasteiger partial charge is 0.394 e. The Morgan fingerprint density at radius 2 is 1.59 bits per heavy atom. The minimum absolute atomic E-state index is 0.245.